The molecule has 23 heavy (non-hydrogen) atoms. The SMILES string of the molecule is C[C@H]1C[C@H]1C(=O)OCC(=O)Nc1ccc(S(=O)(=O)N(C)C)cc1. The van der Waals surface area contributed by atoms with Crippen LogP contribution in [0.2, 0.25) is 0 Å². The number of anilines is 1. The Labute approximate surface area is 135 Å². The average molecular weight is 340 g/mol. The molecule has 1 aromatic carbocycles. The molecule has 1 aliphatic rings. The summed E-state index contributed by atoms with van der Waals surface area (Å²) in [6.07, 6.45) is 0.808. The van der Waals surface area contributed by atoms with E-state index in [1.165, 1.54) is 38.4 Å². The monoisotopic (exact) mass is 340 g/mol. The minimum Gasteiger partial charge on any atom is -0.455 e. The van der Waals surface area contributed by atoms with Gasteiger partial charge in [-0.05, 0) is 36.6 Å². The number of nitrogens with one attached hydrogen (secondary N) is 1. The molecule has 0 saturated heterocycles. The summed E-state index contributed by atoms with van der Waals surface area (Å²) in [7, 11) is -0.611. The van der Waals surface area contributed by atoms with Gasteiger partial charge in [-0.1, -0.05) is 6.92 Å². The number of hydrogen-bond donors (Lipinski definition) is 1. The Morgan fingerprint density at radius 3 is 2.30 bits per heavy atom. The van der Waals surface area contributed by atoms with Crippen molar-refractivity contribution in [2.24, 2.45) is 11.8 Å². The summed E-state index contributed by atoms with van der Waals surface area (Å²) in [5, 5.41) is 2.55. The molecule has 2 rings (SSSR count). The topological polar surface area (TPSA) is 92.8 Å². The summed E-state index contributed by atoms with van der Waals surface area (Å²) in [4.78, 5) is 23.4. The first-order chi connectivity index (χ1) is 10.7. The number of amides is 1. The zero-order chi connectivity index (χ0) is 17.2. The Morgan fingerprint density at radius 2 is 1.83 bits per heavy atom. The summed E-state index contributed by atoms with van der Waals surface area (Å²) in [5.74, 6) is -0.565. The van der Waals surface area contributed by atoms with Gasteiger partial charge in [-0.15, -0.1) is 0 Å². The molecular formula is C15H20N2O5S. The summed E-state index contributed by atoms with van der Waals surface area (Å²) < 4.78 is 29.9. The number of esters is 1. The van der Waals surface area contributed by atoms with Crippen LogP contribution in [0.1, 0.15) is 13.3 Å². The van der Waals surface area contributed by atoms with Crippen LogP contribution in [0.5, 0.6) is 0 Å². The van der Waals surface area contributed by atoms with E-state index in [9.17, 15) is 18.0 Å². The van der Waals surface area contributed by atoms with Gasteiger partial charge < -0.3 is 10.1 Å². The van der Waals surface area contributed by atoms with E-state index in [1.54, 1.807) is 0 Å². The van der Waals surface area contributed by atoms with Crippen molar-refractivity contribution in [2.75, 3.05) is 26.0 Å². The molecule has 1 aliphatic carbocycles. The lowest BCUT2D eigenvalue weighted by Crippen LogP contribution is -2.23. The molecule has 2 atom stereocenters. The van der Waals surface area contributed by atoms with Gasteiger partial charge in [0.15, 0.2) is 6.61 Å². The highest BCUT2D eigenvalue weighted by Crippen LogP contribution is 2.38. The van der Waals surface area contributed by atoms with Crippen molar-refractivity contribution in [3.05, 3.63) is 24.3 Å². The van der Waals surface area contributed by atoms with Crippen LogP contribution in [-0.2, 0) is 24.3 Å². The first-order valence-electron chi connectivity index (χ1n) is 7.21. The molecule has 8 heteroatoms. The van der Waals surface area contributed by atoms with Crippen LogP contribution in [0.4, 0.5) is 5.69 Å². The molecule has 0 unspecified atom stereocenters. The Hall–Kier alpha value is -1.93. The van der Waals surface area contributed by atoms with Gasteiger partial charge in [0.05, 0.1) is 10.8 Å². The van der Waals surface area contributed by atoms with Gasteiger partial charge in [-0.3, -0.25) is 9.59 Å². The highest BCUT2D eigenvalue weighted by Gasteiger charge is 2.40. The third-order valence-electron chi connectivity index (χ3n) is 3.67. The maximum Gasteiger partial charge on any atom is 0.309 e. The maximum atomic E-state index is 11.9. The number of rotatable bonds is 6. The molecular weight excluding hydrogens is 320 g/mol. The molecule has 1 N–H and O–H groups in total. The Balaban J connectivity index is 1.88. The van der Waals surface area contributed by atoms with E-state index in [4.69, 9.17) is 4.74 Å². The predicted octanol–water partition coefficient (Wildman–Crippen LogP) is 1.07. The van der Waals surface area contributed by atoms with Crippen LogP contribution in [0, 0.1) is 11.8 Å². The zero-order valence-corrected chi connectivity index (χ0v) is 14.1. The van der Waals surface area contributed by atoms with E-state index in [2.05, 4.69) is 5.32 Å². The number of nitrogens with zero attached hydrogens (tertiary/aromatic N) is 1. The first-order valence-corrected chi connectivity index (χ1v) is 8.65. The smallest absolute Gasteiger partial charge is 0.309 e. The largest absolute Gasteiger partial charge is 0.455 e. The molecule has 1 aromatic rings. The van der Waals surface area contributed by atoms with Crippen molar-refractivity contribution in [3.8, 4) is 0 Å². The number of carbonyl (C=O) groups excluding carboxylic acids is 2. The van der Waals surface area contributed by atoms with E-state index in [0.29, 0.717) is 11.6 Å². The van der Waals surface area contributed by atoms with Gasteiger partial charge in [0.1, 0.15) is 0 Å². The fourth-order valence-corrected chi connectivity index (χ4v) is 2.91. The molecule has 1 saturated carbocycles. The average Bonchev–Trinajstić information content (AvgIpc) is 3.22. The van der Waals surface area contributed by atoms with Crippen LogP contribution >= 0.6 is 0 Å². The van der Waals surface area contributed by atoms with Crippen LogP contribution in [0.15, 0.2) is 29.2 Å². The molecule has 0 bridgehead atoms. The minimum absolute atomic E-state index is 0.0849. The highest BCUT2D eigenvalue weighted by molar-refractivity contribution is 7.89. The van der Waals surface area contributed by atoms with Crippen LogP contribution < -0.4 is 5.32 Å². The molecule has 0 aliphatic heterocycles. The third-order valence-corrected chi connectivity index (χ3v) is 5.50. The van der Waals surface area contributed by atoms with Gasteiger partial charge in [0.25, 0.3) is 5.91 Å². The van der Waals surface area contributed by atoms with Gasteiger partial charge >= 0.3 is 5.97 Å². The number of ether oxygens (including phenoxy) is 1. The second-order valence-corrected chi connectivity index (χ2v) is 7.94. The van der Waals surface area contributed by atoms with Gasteiger partial charge in [0, 0.05) is 19.8 Å². The maximum absolute atomic E-state index is 11.9. The summed E-state index contributed by atoms with van der Waals surface area (Å²) in [6, 6.07) is 5.78. The zero-order valence-electron chi connectivity index (χ0n) is 13.3. The lowest BCUT2D eigenvalue weighted by atomic mass is 10.3. The van der Waals surface area contributed by atoms with E-state index >= 15 is 0 Å². The van der Waals surface area contributed by atoms with Crippen LogP contribution in [0.3, 0.4) is 0 Å². The number of hydrogen-bond acceptors (Lipinski definition) is 5. The second kappa shape index (κ2) is 6.67. The van der Waals surface area contributed by atoms with E-state index in [0.717, 1.165) is 10.7 Å². The molecule has 0 spiro atoms. The molecule has 7 nitrogen and oxygen atoms in total. The van der Waals surface area contributed by atoms with Crippen molar-refractivity contribution in [1.29, 1.82) is 0 Å². The van der Waals surface area contributed by atoms with Crippen molar-refractivity contribution in [3.63, 3.8) is 0 Å². The minimum atomic E-state index is -3.50. The van der Waals surface area contributed by atoms with Gasteiger partial charge in [-0.2, -0.15) is 0 Å². The number of carbonyl (C=O) groups is 2. The van der Waals surface area contributed by atoms with E-state index in [-0.39, 0.29) is 23.4 Å². The lowest BCUT2D eigenvalue weighted by Gasteiger charge is -2.12. The summed E-state index contributed by atoms with van der Waals surface area (Å²) in [6.45, 7) is 1.61. The summed E-state index contributed by atoms with van der Waals surface area (Å²) >= 11 is 0. The van der Waals surface area contributed by atoms with Crippen LogP contribution in [-0.4, -0.2) is 45.3 Å². The molecule has 1 amide bonds. The van der Waals surface area contributed by atoms with E-state index in [1.807, 2.05) is 6.92 Å². The standard InChI is InChI=1S/C15H20N2O5S/c1-10-8-13(10)15(19)22-9-14(18)16-11-4-6-12(7-5-11)23(20,21)17(2)3/h4-7,10,13H,8-9H2,1-3H3,(H,16,18)/t10-,13+/m0/s1. The predicted molar refractivity (Wildman–Crippen MR) is 84.2 cm³/mol. The third kappa shape index (κ3) is 4.29. The molecule has 0 radical (unpaired) electrons. The van der Waals surface area contributed by atoms with Gasteiger partial charge in [-0.25, -0.2) is 12.7 Å². The second-order valence-electron chi connectivity index (χ2n) is 5.79. The molecule has 0 aromatic heterocycles. The molecule has 126 valence electrons. The Morgan fingerprint density at radius 1 is 1.26 bits per heavy atom. The highest BCUT2D eigenvalue weighted by atomic mass is 32.2. The number of benzene rings is 1. The van der Waals surface area contributed by atoms with Crippen molar-refractivity contribution >= 4 is 27.6 Å². The first kappa shape index (κ1) is 17.4. The van der Waals surface area contributed by atoms with Gasteiger partial charge in [0.2, 0.25) is 10.0 Å². The lowest BCUT2D eigenvalue weighted by molar-refractivity contribution is -0.148. The fourth-order valence-electron chi connectivity index (χ4n) is 2.01. The molecule has 1 fully saturated rings. The quantitative estimate of drug-likeness (QED) is 0.782. The fraction of sp³-hybridized carbons (Fsp3) is 0.467. The van der Waals surface area contributed by atoms with Crippen LogP contribution in [0.25, 0.3) is 0 Å². The summed E-state index contributed by atoms with van der Waals surface area (Å²) in [5.41, 5.74) is 0.434. The molecule has 0 heterocycles. The number of sulfonamides is 1. The van der Waals surface area contributed by atoms with Crippen molar-refractivity contribution in [1.82, 2.24) is 4.31 Å². The Bertz CT molecular complexity index is 697. The van der Waals surface area contributed by atoms with Crippen molar-refractivity contribution < 1.29 is 22.7 Å². The Kier molecular flexibility index (Phi) is 5.06. The van der Waals surface area contributed by atoms with E-state index < -0.39 is 15.9 Å². The van der Waals surface area contributed by atoms with Crippen molar-refractivity contribution in [2.45, 2.75) is 18.2 Å². The normalized spacial score (nSPS) is 20.2.